The van der Waals surface area contributed by atoms with Gasteiger partial charge in [-0.3, -0.25) is 9.59 Å². The minimum Gasteiger partial charge on any atom is -0.353 e. The number of para-hydroxylation sites is 1. The SMILES string of the molecule is O=C(CCCCc1nc2ccccc2s1)NC1CCN(C(=O)c2ccccc2F)CC1. The maximum Gasteiger partial charge on any atom is 0.256 e. The Balaban J connectivity index is 1.15. The first-order chi connectivity index (χ1) is 15.1. The van der Waals surface area contributed by atoms with E-state index in [1.165, 1.54) is 16.8 Å². The molecule has 1 aromatic heterocycles. The zero-order valence-corrected chi connectivity index (χ0v) is 18.2. The van der Waals surface area contributed by atoms with Crippen molar-refractivity contribution < 1.29 is 14.0 Å². The van der Waals surface area contributed by atoms with Crippen LogP contribution in [0, 0.1) is 5.82 Å². The molecule has 2 heterocycles. The molecule has 0 radical (unpaired) electrons. The second-order valence-corrected chi connectivity index (χ2v) is 9.01. The number of unbranched alkanes of at least 4 members (excludes halogenated alkanes) is 1. The summed E-state index contributed by atoms with van der Waals surface area (Å²) in [6.07, 6.45) is 4.53. The van der Waals surface area contributed by atoms with Crippen LogP contribution >= 0.6 is 11.3 Å². The van der Waals surface area contributed by atoms with Crippen molar-refractivity contribution in [2.75, 3.05) is 13.1 Å². The Bertz CT molecular complexity index is 1030. The number of rotatable bonds is 7. The highest BCUT2D eigenvalue weighted by Gasteiger charge is 2.25. The first kappa shape index (κ1) is 21.4. The molecule has 31 heavy (non-hydrogen) atoms. The second kappa shape index (κ2) is 10.0. The number of nitrogens with zero attached hydrogens (tertiary/aromatic N) is 2. The summed E-state index contributed by atoms with van der Waals surface area (Å²) in [4.78, 5) is 31.1. The summed E-state index contributed by atoms with van der Waals surface area (Å²) in [6, 6.07) is 14.3. The van der Waals surface area contributed by atoms with E-state index < -0.39 is 5.82 Å². The van der Waals surface area contributed by atoms with Crippen molar-refractivity contribution >= 4 is 33.4 Å². The number of benzene rings is 2. The van der Waals surface area contributed by atoms with Crippen LogP contribution in [0.3, 0.4) is 0 Å². The number of aromatic nitrogens is 1. The van der Waals surface area contributed by atoms with Gasteiger partial charge in [0.2, 0.25) is 5.91 Å². The van der Waals surface area contributed by atoms with Gasteiger partial charge >= 0.3 is 0 Å². The van der Waals surface area contributed by atoms with Gasteiger partial charge in [0, 0.05) is 25.6 Å². The number of likely N-dealkylation sites (tertiary alicyclic amines) is 1. The van der Waals surface area contributed by atoms with Crippen LogP contribution in [0.2, 0.25) is 0 Å². The van der Waals surface area contributed by atoms with Gasteiger partial charge in [-0.2, -0.15) is 0 Å². The number of piperidine rings is 1. The molecule has 162 valence electrons. The van der Waals surface area contributed by atoms with Crippen molar-refractivity contribution in [3.8, 4) is 0 Å². The van der Waals surface area contributed by atoms with E-state index in [4.69, 9.17) is 0 Å². The van der Waals surface area contributed by atoms with Crippen molar-refractivity contribution in [3.63, 3.8) is 0 Å². The monoisotopic (exact) mass is 439 g/mol. The highest BCUT2D eigenvalue weighted by molar-refractivity contribution is 7.18. The Kier molecular flexibility index (Phi) is 6.92. The van der Waals surface area contributed by atoms with E-state index in [-0.39, 0.29) is 23.4 Å². The molecular formula is C24H26FN3O2S. The molecular weight excluding hydrogens is 413 g/mol. The summed E-state index contributed by atoms with van der Waals surface area (Å²) in [5.74, 6) is -0.713. The first-order valence-corrected chi connectivity index (χ1v) is 11.6. The fourth-order valence-corrected chi connectivity index (χ4v) is 4.93. The van der Waals surface area contributed by atoms with Gasteiger partial charge in [-0.05, 0) is 56.4 Å². The largest absolute Gasteiger partial charge is 0.353 e. The Labute approximate surface area is 185 Å². The van der Waals surface area contributed by atoms with Gasteiger partial charge in [0.25, 0.3) is 5.91 Å². The minimum absolute atomic E-state index is 0.0585. The van der Waals surface area contributed by atoms with Gasteiger partial charge in [0.15, 0.2) is 0 Å². The number of amides is 2. The van der Waals surface area contributed by atoms with Crippen LogP contribution in [0.5, 0.6) is 0 Å². The predicted molar refractivity (Wildman–Crippen MR) is 121 cm³/mol. The molecule has 0 saturated carbocycles. The topological polar surface area (TPSA) is 62.3 Å². The number of thiazole rings is 1. The van der Waals surface area contributed by atoms with Crippen LogP contribution in [-0.2, 0) is 11.2 Å². The lowest BCUT2D eigenvalue weighted by atomic mass is 10.0. The maximum atomic E-state index is 13.8. The molecule has 0 unspecified atom stereocenters. The Morgan fingerprint density at radius 3 is 2.58 bits per heavy atom. The smallest absolute Gasteiger partial charge is 0.256 e. The molecule has 1 N–H and O–H groups in total. The third-order valence-corrected chi connectivity index (χ3v) is 6.73. The van der Waals surface area contributed by atoms with E-state index >= 15 is 0 Å². The average Bonchev–Trinajstić information content (AvgIpc) is 3.20. The van der Waals surface area contributed by atoms with Crippen molar-refractivity contribution in [2.24, 2.45) is 0 Å². The summed E-state index contributed by atoms with van der Waals surface area (Å²) in [6.45, 7) is 1.05. The number of carbonyl (C=O) groups excluding carboxylic acids is 2. The lowest BCUT2D eigenvalue weighted by molar-refractivity contribution is -0.122. The van der Waals surface area contributed by atoms with Gasteiger partial charge in [0.1, 0.15) is 5.82 Å². The average molecular weight is 440 g/mol. The zero-order valence-electron chi connectivity index (χ0n) is 17.4. The summed E-state index contributed by atoms with van der Waals surface area (Å²) >= 11 is 1.72. The van der Waals surface area contributed by atoms with Crippen LogP contribution in [0.25, 0.3) is 10.2 Å². The van der Waals surface area contributed by atoms with Gasteiger partial charge < -0.3 is 10.2 Å². The molecule has 0 aliphatic carbocycles. The first-order valence-electron chi connectivity index (χ1n) is 10.8. The fraction of sp³-hybridized carbons (Fsp3) is 0.375. The summed E-state index contributed by atoms with van der Waals surface area (Å²) in [7, 11) is 0. The molecule has 1 saturated heterocycles. The van der Waals surface area contributed by atoms with Gasteiger partial charge in [-0.15, -0.1) is 11.3 Å². The quantitative estimate of drug-likeness (QED) is 0.549. The molecule has 0 atom stereocenters. The Morgan fingerprint density at radius 1 is 1.06 bits per heavy atom. The van der Waals surface area contributed by atoms with E-state index in [9.17, 15) is 14.0 Å². The molecule has 4 rings (SSSR count). The Hall–Kier alpha value is -2.80. The molecule has 3 aromatic rings. The van der Waals surface area contributed by atoms with E-state index in [1.807, 2.05) is 18.2 Å². The number of aryl methyl sites for hydroxylation is 1. The predicted octanol–water partition coefficient (Wildman–Crippen LogP) is 4.57. The normalized spacial score (nSPS) is 14.7. The van der Waals surface area contributed by atoms with Crippen molar-refractivity contribution in [1.82, 2.24) is 15.2 Å². The lowest BCUT2D eigenvalue weighted by Crippen LogP contribution is -2.46. The third kappa shape index (κ3) is 5.47. The lowest BCUT2D eigenvalue weighted by Gasteiger charge is -2.32. The van der Waals surface area contributed by atoms with E-state index in [1.54, 1.807) is 28.4 Å². The van der Waals surface area contributed by atoms with Crippen LogP contribution in [0.15, 0.2) is 48.5 Å². The summed E-state index contributed by atoms with van der Waals surface area (Å²) in [5.41, 5.74) is 1.15. The van der Waals surface area contributed by atoms with Crippen LogP contribution < -0.4 is 5.32 Å². The summed E-state index contributed by atoms with van der Waals surface area (Å²) in [5, 5.41) is 4.20. The van der Waals surface area contributed by atoms with E-state index in [0.717, 1.165) is 29.8 Å². The zero-order chi connectivity index (χ0) is 21.6. The fourth-order valence-electron chi connectivity index (χ4n) is 3.92. The molecule has 0 bridgehead atoms. The molecule has 5 nitrogen and oxygen atoms in total. The molecule has 2 aromatic carbocycles. The number of hydrogen-bond donors (Lipinski definition) is 1. The van der Waals surface area contributed by atoms with Crippen molar-refractivity contribution in [2.45, 2.75) is 44.6 Å². The number of carbonyl (C=O) groups is 2. The molecule has 0 spiro atoms. The van der Waals surface area contributed by atoms with E-state index in [0.29, 0.717) is 32.4 Å². The molecule has 1 aliphatic heterocycles. The maximum absolute atomic E-state index is 13.8. The highest BCUT2D eigenvalue weighted by atomic mass is 32.1. The standard InChI is InChI=1S/C24H26FN3O2S/c25-19-8-2-1-7-18(19)24(30)28-15-13-17(14-16-28)26-22(29)11-5-6-12-23-27-20-9-3-4-10-21(20)31-23/h1-4,7-10,17H,5-6,11-16H2,(H,26,29). The van der Waals surface area contributed by atoms with Crippen molar-refractivity contribution in [3.05, 3.63) is 64.9 Å². The van der Waals surface area contributed by atoms with Crippen molar-refractivity contribution in [1.29, 1.82) is 0 Å². The van der Waals surface area contributed by atoms with Crippen LogP contribution in [-0.4, -0.2) is 40.8 Å². The molecule has 7 heteroatoms. The van der Waals surface area contributed by atoms with Crippen LogP contribution in [0.1, 0.15) is 47.5 Å². The summed E-state index contributed by atoms with van der Waals surface area (Å²) < 4.78 is 15.0. The third-order valence-electron chi connectivity index (χ3n) is 5.63. The number of nitrogens with one attached hydrogen (secondary N) is 1. The number of halogens is 1. The second-order valence-electron chi connectivity index (χ2n) is 7.90. The number of hydrogen-bond acceptors (Lipinski definition) is 4. The van der Waals surface area contributed by atoms with Gasteiger partial charge in [-0.1, -0.05) is 24.3 Å². The molecule has 2 amide bonds. The number of fused-ring (bicyclic) bond motifs is 1. The molecule has 1 aliphatic rings. The Morgan fingerprint density at radius 2 is 1.81 bits per heavy atom. The molecule has 1 fully saturated rings. The van der Waals surface area contributed by atoms with Gasteiger partial charge in [-0.25, -0.2) is 9.37 Å². The highest BCUT2D eigenvalue weighted by Crippen LogP contribution is 2.23. The van der Waals surface area contributed by atoms with E-state index in [2.05, 4.69) is 16.4 Å². The van der Waals surface area contributed by atoms with Crippen LogP contribution in [0.4, 0.5) is 4.39 Å². The minimum atomic E-state index is -0.492. The van der Waals surface area contributed by atoms with Gasteiger partial charge in [0.05, 0.1) is 20.8 Å².